The van der Waals surface area contributed by atoms with Crippen molar-refractivity contribution in [2.24, 2.45) is 0 Å². The Bertz CT molecular complexity index is 329. The first-order valence-electron chi connectivity index (χ1n) is 5.48. The molecule has 3 nitrogen and oxygen atoms in total. The third kappa shape index (κ3) is 2.83. The molecule has 1 amide bonds. The van der Waals surface area contributed by atoms with Crippen molar-refractivity contribution in [3.8, 4) is 0 Å². The maximum atomic E-state index is 12.1. The number of nitrogens with one attached hydrogen (secondary N) is 1. The fourth-order valence-corrected chi connectivity index (χ4v) is 2.24. The third-order valence-electron chi connectivity index (χ3n) is 2.75. The number of carbonyl (C=O) groups is 1. The van der Waals surface area contributed by atoms with E-state index in [9.17, 15) is 4.79 Å². The largest absolute Gasteiger partial charge is 0.394 e. The molecule has 0 aliphatic rings. The number of hydrogen-bond donors (Lipinski definition) is 2. The lowest BCUT2D eigenvalue weighted by atomic mass is 9.90. The summed E-state index contributed by atoms with van der Waals surface area (Å²) in [4.78, 5) is 13.1. The molecule has 1 atom stereocenters. The first-order chi connectivity index (χ1) is 7.52. The van der Waals surface area contributed by atoms with Gasteiger partial charge in [-0.25, -0.2) is 0 Å². The summed E-state index contributed by atoms with van der Waals surface area (Å²) in [5, 5.41) is 13.9. The van der Waals surface area contributed by atoms with Crippen molar-refractivity contribution in [2.45, 2.75) is 38.6 Å². The molecule has 0 bridgehead atoms. The number of carbonyl (C=O) groups excluding carboxylic acids is 1. The van der Waals surface area contributed by atoms with E-state index in [1.807, 2.05) is 38.3 Å². The van der Waals surface area contributed by atoms with Crippen LogP contribution in [0.1, 0.15) is 32.1 Å². The molecule has 90 valence electrons. The molecule has 16 heavy (non-hydrogen) atoms. The average Bonchev–Trinajstić information content (AvgIpc) is 2.79. The van der Waals surface area contributed by atoms with Gasteiger partial charge in [0.15, 0.2) is 0 Å². The first-order valence-corrected chi connectivity index (χ1v) is 6.36. The maximum Gasteiger partial charge on any atom is 0.231 e. The average molecular weight is 241 g/mol. The van der Waals surface area contributed by atoms with Crippen LogP contribution >= 0.6 is 11.3 Å². The fourth-order valence-electron chi connectivity index (χ4n) is 1.39. The summed E-state index contributed by atoms with van der Waals surface area (Å²) in [5.41, 5.74) is -0.531. The Labute approximate surface area is 100 Å². The Hall–Kier alpha value is -0.870. The van der Waals surface area contributed by atoms with Gasteiger partial charge in [-0.2, -0.15) is 0 Å². The highest BCUT2D eigenvalue weighted by atomic mass is 32.1. The molecular formula is C12H19NO2S. The van der Waals surface area contributed by atoms with Gasteiger partial charge in [0.2, 0.25) is 5.91 Å². The topological polar surface area (TPSA) is 49.3 Å². The molecule has 0 saturated carbocycles. The van der Waals surface area contributed by atoms with Gasteiger partial charge in [-0.05, 0) is 31.7 Å². The molecule has 0 spiro atoms. The number of hydrogen-bond acceptors (Lipinski definition) is 3. The molecule has 2 N–H and O–H groups in total. The minimum atomic E-state index is -0.531. The van der Waals surface area contributed by atoms with E-state index < -0.39 is 5.41 Å². The van der Waals surface area contributed by atoms with E-state index in [4.69, 9.17) is 5.11 Å². The second kappa shape index (κ2) is 5.46. The fraction of sp³-hybridized carbons (Fsp3) is 0.583. The van der Waals surface area contributed by atoms with Crippen LogP contribution in [0.5, 0.6) is 0 Å². The zero-order valence-corrected chi connectivity index (χ0v) is 10.8. The van der Waals surface area contributed by atoms with Crippen LogP contribution < -0.4 is 5.32 Å². The van der Waals surface area contributed by atoms with Gasteiger partial charge >= 0.3 is 0 Å². The van der Waals surface area contributed by atoms with Gasteiger partial charge in [-0.15, -0.1) is 11.3 Å². The van der Waals surface area contributed by atoms with Crippen LogP contribution in [0, 0.1) is 0 Å². The van der Waals surface area contributed by atoms with Crippen molar-refractivity contribution in [1.82, 2.24) is 5.32 Å². The Balaban J connectivity index is 2.73. The minimum Gasteiger partial charge on any atom is -0.394 e. The summed E-state index contributed by atoms with van der Waals surface area (Å²) in [6.07, 6.45) is 0.739. The van der Waals surface area contributed by atoms with Gasteiger partial charge in [0.05, 0.1) is 18.1 Å². The van der Waals surface area contributed by atoms with Gasteiger partial charge in [-0.3, -0.25) is 4.79 Å². The van der Waals surface area contributed by atoms with Gasteiger partial charge in [0.25, 0.3) is 0 Å². The second-order valence-electron chi connectivity index (χ2n) is 4.36. The normalized spacial score (nSPS) is 13.5. The Morgan fingerprint density at radius 1 is 1.62 bits per heavy atom. The zero-order valence-electron chi connectivity index (χ0n) is 9.99. The molecule has 0 radical (unpaired) electrons. The summed E-state index contributed by atoms with van der Waals surface area (Å²) < 4.78 is 0. The summed E-state index contributed by atoms with van der Waals surface area (Å²) in [6.45, 7) is 5.73. The van der Waals surface area contributed by atoms with Crippen molar-refractivity contribution >= 4 is 17.2 Å². The number of amides is 1. The molecule has 1 heterocycles. The van der Waals surface area contributed by atoms with Crippen molar-refractivity contribution < 1.29 is 9.90 Å². The van der Waals surface area contributed by atoms with E-state index in [0.717, 1.165) is 11.3 Å². The molecule has 1 aromatic heterocycles. The summed E-state index contributed by atoms with van der Waals surface area (Å²) in [5.74, 6) is -0.0316. The van der Waals surface area contributed by atoms with Crippen LogP contribution in [0.15, 0.2) is 17.5 Å². The van der Waals surface area contributed by atoms with Crippen LogP contribution in [0.3, 0.4) is 0 Å². The van der Waals surface area contributed by atoms with Crippen LogP contribution in [0.4, 0.5) is 0 Å². The highest BCUT2D eigenvalue weighted by molar-refractivity contribution is 7.10. The van der Waals surface area contributed by atoms with Crippen LogP contribution in [-0.4, -0.2) is 23.7 Å². The second-order valence-corrected chi connectivity index (χ2v) is 5.31. The molecule has 0 aliphatic carbocycles. The summed E-state index contributed by atoms with van der Waals surface area (Å²) in [7, 11) is 0. The third-order valence-corrected chi connectivity index (χ3v) is 3.95. The Morgan fingerprint density at radius 3 is 2.75 bits per heavy atom. The highest BCUT2D eigenvalue weighted by Crippen LogP contribution is 2.27. The predicted molar refractivity (Wildman–Crippen MR) is 66.7 cm³/mol. The van der Waals surface area contributed by atoms with E-state index in [1.54, 1.807) is 11.3 Å². The summed E-state index contributed by atoms with van der Waals surface area (Å²) in [6, 6.07) is 3.76. The smallest absolute Gasteiger partial charge is 0.231 e. The first kappa shape index (κ1) is 13.2. The molecule has 4 heteroatoms. The van der Waals surface area contributed by atoms with E-state index >= 15 is 0 Å². The highest BCUT2D eigenvalue weighted by Gasteiger charge is 2.31. The lowest BCUT2D eigenvalue weighted by Crippen LogP contribution is -2.46. The lowest BCUT2D eigenvalue weighted by molar-refractivity contribution is -0.126. The van der Waals surface area contributed by atoms with Crippen LogP contribution in [-0.2, 0) is 10.2 Å². The Kier molecular flexibility index (Phi) is 4.50. The molecule has 1 aromatic rings. The van der Waals surface area contributed by atoms with Gasteiger partial charge in [0, 0.05) is 4.88 Å². The van der Waals surface area contributed by atoms with Crippen molar-refractivity contribution in [1.29, 1.82) is 0 Å². The van der Waals surface area contributed by atoms with Crippen molar-refractivity contribution in [3.05, 3.63) is 22.4 Å². The Morgan fingerprint density at radius 2 is 2.31 bits per heavy atom. The molecule has 1 rings (SSSR count). The van der Waals surface area contributed by atoms with Crippen LogP contribution in [0.2, 0.25) is 0 Å². The van der Waals surface area contributed by atoms with Crippen molar-refractivity contribution in [3.63, 3.8) is 0 Å². The lowest BCUT2D eigenvalue weighted by Gasteiger charge is -2.25. The molecule has 0 aromatic carbocycles. The quantitative estimate of drug-likeness (QED) is 0.827. The van der Waals surface area contributed by atoms with Gasteiger partial charge in [0.1, 0.15) is 0 Å². The SMILES string of the molecule is CCC(CO)NC(=O)C(C)(C)c1cccs1. The van der Waals surface area contributed by atoms with Crippen LogP contribution in [0.25, 0.3) is 0 Å². The monoisotopic (exact) mass is 241 g/mol. The van der Waals surface area contributed by atoms with E-state index in [2.05, 4.69) is 5.32 Å². The number of aliphatic hydroxyl groups excluding tert-OH is 1. The maximum absolute atomic E-state index is 12.1. The molecule has 0 fully saturated rings. The van der Waals surface area contributed by atoms with E-state index in [-0.39, 0.29) is 18.6 Å². The summed E-state index contributed by atoms with van der Waals surface area (Å²) >= 11 is 1.58. The number of aliphatic hydroxyl groups is 1. The predicted octanol–water partition coefficient (Wildman–Crippen LogP) is 1.91. The number of rotatable bonds is 5. The van der Waals surface area contributed by atoms with Gasteiger partial charge in [-0.1, -0.05) is 13.0 Å². The van der Waals surface area contributed by atoms with E-state index in [0.29, 0.717) is 0 Å². The molecular weight excluding hydrogens is 222 g/mol. The standard InChI is InChI=1S/C12H19NO2S/c1-4-9(8-14)13-11(15)12(2,3)10-6-5-7-16-10/h5-7,9,14H,4,8H2,1-3H3,(H,13,15). The number of thiophene rings is 1. The molecule has 0 aliphatic heterocycles. The minimum absolute atomic E-state index is 0.0112. The molecule has 0 saturated heterocycles. The molecule has 1 unspecified atom stereocenters. The zero-order chi connectivity index (χ0) is 12.2. The van der Waals surface area contributed by atoms with Gasteiger partial charge < -0.3 is 10.4 Å². The van der Waals surface area contributed by atoms with Crippen molar-refractivity contribution in [2.75, 3.05) is 6.61 Å². The van der Waals surface area contributed by atoms with E-state index in [1.165, 1.54) is 0 Å².